The summed E-state index contributed by atoms with van der Waals surface area (Å²) in [6.45, 7) is 2.90. The van der Waals surface area contributed by atoms with Gasteiger partial charge in [-0.15, -0.1) is 0 Å². The summed E-state index contributed by atoms with van der Waals surface area (Å²) in [5.41, 5.74) is 0. The van der Waals surface area contributed by atoms with Crippen molar-refractivity contribution in [3.8, 4) is 0 Å². The number of Topliss-reactive ketones (excluding diaryl/α,β-unsaturated/α-hetero) is 1. The molecule has 0 aliphatic heterocycles. The molecule has 0 rings (SSSR count). The van der Waals surface area contributed by atoms with Crippen molar-refractivity contribution in [2.75, 3.05) is 0 Å². The predicted octanol–water partition coefficient (Wildman–Crippen LogP) is 1.99. The number of rotatable bonds is 18. The SMILES string of the molecule is CCCCCCCC/C=C\CCCCCCCC(=O)C(C)(C(=O)O)S(=O)(=O)[O-].[Na+]. The van der Waals surface area contributed by atoms with Crippen LogP contribution in [0.4, 0.5) is 0 Å². The van der Waals surface area contributed by atoms with E-state index >= 15 is 0 Å². The molecule has 8 heteroatoms. The molecule has 0 saturated heterocycles. The van der Waals surface area contributed by atoms with Crippen molar-refractivity contribution in [3.05, 3.63) is 12.2 Å². The number of hydrogen-bond donors (Lipinski definition) is 1. The Morgan fingerprint density at radius 1 is 0.862 bits per heavy atom. The molecule has 0 fully saturated rings. The quantitative estimate of drug-likeness (QED) is 0.115. The fourth-order valence-electron chi connectivity index (χ4n) is 2.96. The first-order valence-electron chi connectivity index (χ1n) is 10.5. The smallest absolute Gasteiger partial charge is 0.747 e. The minimum absolute atomic E-state index is 0. The van der Waals surface area contributed by atoms with E-state index in [9.17, 15) is 22.6 Å². The normalized spacial score (nSPS) is 13.8. The van der Waals surface area contributed by atoms with Gasteiger partial charge in [0.05, 0.1) is 0 Å². The first-order valence-corrected chi connectivity index (χ1v) is 12.0. The van der Waals surface area contributed by atoms with Gasteiger partial charge in [0.1, 0.15) is 10.1 Å². The zero-order valence-corrected chi connectivity index (χ0v) is 21.3. The van der Waals surface area contributed by atoms with E-state index < -0.39 is 26.6 Å². The van der Waals surface area contributed by atoms with Crippen LogP contribution in [0.2, 0.25) is 0 Å². The molecule has 164 valence electrons. The average Bonchev–Trinajstić information content (AvgIpc) is 2.62. The Morgan fingerprint density at radius 2 is 1.28 bits per heavy atom. The molecule has 0 radical (unpaired) electrons. The maximum Gasteiger partial charge on any atom is 1.00 e. The van der Waals surface area contributed by atoms with E-state index in [1.54, 1.807) is 0 Å². The van der Waals surface area contributed by atoms with Crippen molar-refractivity contribution in [1.82, 2.24) is 0 Å². The van der Waals surface area contributed by atoms with E-state index in [2.05, 4.69) is 19.1 Å². The Balaban J connectivity index is 0. The summed E-state index contributed by atoms with van der Waals surface area (Å²) in [6, 6.07) is 0. The van der Waals surface area contributed by atoms with Crippen LogP contribution in [0.15, 0.2) is 12.2 Å². The number of unbranched alkanes of at least 4 members (excludes halogenated alkanes) is 11. The Hall–Kier alpha value is -0.210. The molecule has 0 aliphatic carbocycles. The largest absolute Gasteiger partial charge is 1.00 e. The van der Waals surface area contributed by atoms with Gasteiger partial charge in [-0.05, 0) is 39.0 Å². The second-order valence-corrected chi connectivity index (χ2v) is 9.27. The maximum atomic E-state index is 11.9. The van der Waals surface area contributed by atoms with Crippen LogP contribution in [0.3, 0.4) is 0 Å². The average molecular weight is 441 g/mol. The van der Waals surface area contributed by atoms with Crippen LogP contribution in [-0.4, -0.2) is 34.6 Å². The topological polar surface area (TPSA) is 112 Å². The molecule has 6 nitrogen and oxygen atoms in total. The van der Waals surface area contributed by atoms with Gasteiger partial charge in [-0.25, -0.2) is 8.42 Å². The standard InChI is InChI=1S/C21H38O6S.Na/c1-3-4-5-6-7-8-9-10-11-12-13-14-15-16-17-18-19(22)21(2,20(23)24)28(25,26)27;/h10-11H,3-9,12-18H2,1-2H3,(H,23,24)(H,25,26,27);/q;+1/p-1/b11-10-;. The predicted molar refractivity (Wildman–Crippen MR) is 110 cm³/mol. The molecule has 0 aromatic heterocycles. The summed E-state index contributed by atoms with van der Waals surface area (Å²) < 4.78 is 30.5. The number of ketones is 1. The van der Waals surface area contributed by atoms with Crippen molar-refractivity contribution in [2.45, 2.75) is 108 Å². The van der Waals surface area contributed by atoms with Crippen molar-refractivity contribution in [2.24, 2.45) is 0 Å². The minimum Gasteiger partial charge on any atom is -0.747 e. The number of carbonyl (C=O) groups excluding carboxylic acids is 1. The van der Waals surface area contributed by atoms with E-state index in [1.165, 1.54) is 38.5 Å². The summed E-state index contributed by atoms with van der Waals surface area (Å²) in [6.07, 6.45) is 18.3. The number of allylic oxidation sites excluding steroid dienone is 2. The summed E-state index contributed by atoms with van der Waals surface area (Å²) >= 11 is 0. The van der Waals surface area contributed by atoms with Crippen molar-refractivity contribution < 1.29 is 57.2 Å². The van der Waals surface area contributed by atoms with Gasteiger partial charge in [0.25, 0.3) is 0 Å². The van der Waals surface area contributed by atoms with Gasteiger partial charge in [0.15, 0.2) is 5.78 Å². The van der Waals surface area contributed by atoms with Gasteiger partial charge in [0, 0.05) is 6.42 Å². The molecule has 1 atom stereocenters. The van der Waals surface area contributed by atoms with Crippen LogP contribution in [-0.2, 0) is 19.7 Å². The Labute approximate surface area is 199 Å². The third kappa shape index (κ3) is 12.9. The number of carboxylic acids is 1. The van der Waals surface area contributed by atoms with Gasteiger partial charge in [0.2, 0.25) is 4.75 Å². The number of carboxylic acid groups (broad SMARTS) is 1. The van der Waals surface area contributed by atoms with Gasteiger partial charge >= 0.3 is 35.5 Å². The summed E-state index contributed by atoms with van der Waals surface area (Å²) in [5, 5.41) is 8.96. The van der Waals surface area contributed by atoms with Crippen LogP contribution in [0.1, 0.15) is 104 Å². The van der Waals surface area contributed by atoms with Crippen LogP contribution in [0.5, 0.6) is 0 Å². The molecule has 0 aromatic rings. The van der Waals surface area contributed by atoms with Crippen LogP contribution in [0, 0.1) is 0 Å². The molecule has 1 unspecified atom stereocenters. The molecule has 29 heavy (non-hydrogen) atoms. The van der Waals surface area contributed by atoms with E-state index in [-0.39, 0.29) is 36.0 Å². The number of carbonyl (C=O) groups is 2. The molecule has 1 N–H and O–H groups in total. The summed E-state index contributed by atoms with van der Waals surface area (Å²) in [4.78, 5) is 23.0. The Kier molecular flexibility index (Phi) is 18.7. The Bertz CT molecular complexity index is 588. The molecule has 0 spiro atoms. The summed E-state index contributed by atoms with van der Waals surface area (Å²) in [5.74, 6) is -2.94. The second kappa shape index (κ2) is 17.5. The molecule has 0 heterocycles. The zero-order valence-electron chi connectivity index (χ0n) is 18.5. The van der Waals surface area contributed by atoms with Crippen molar-refractivity contribution in [1.29, 1.82) is 0 Å². The molecule has 0 aromatic carbocycles. The van der Waals surface area contributed by atoms with E-state index in [4.69, 9.17) is 5.11 Å². The van der Waals surface area contributed by atoms with Crippen LogP contribution >= 0.6 is 0 Å². The molecule has 0 saturated carbocycles. The third-order valence-corrected chi connectivity index (χ3v) is 6.51. The fraction of sp³-hybridized carbons (Fsp3) is 0.810. The molecule has 0 bridgehead atoms. The fourth-order valence-corrected chi connectivity index (χ4v) is 3.56. The van der Waals surface area contributed by atoms with Crippen molar-refractivity contribution >= 4 is 21.9 Å². The van der Waals surface area contributed by atoms with Gasteiger partial charge < -0.3 is 9.66 Å². The molecule has 0 aliphatic rings. The zero-order chi connectivity index (χ0) is 21.5. The van der Waals surface area contributed by atoms with Crippen LogP contribution < -0.4 is 29.6 Å². The molecule has 0 amide bonds. The summed E-state index contributed by atoms with van der Waals surface area (Å²) in [7, 11) is -5.24. The van der Waals surface area contributed by atoms with Crippen LogP contribution in [0.25, 0.3) is 0 Å². The monoisotopic (exact) mass is 440 g/mol. The maximum absolute atomic E-state index is 11.9. The Morgan fingerprint density at radius 3 is 1.69 bits per heavy atom. The molecular formula is C21H37NaO6S. The van der Waals surface area contributed by atoms with E-state index in [0.29, 0.717) is 19.8 Å². The van der Waals surface area contributed by atoms with E-state index in [0.717, 1.165) is 32.1 Å². The number of hydrogen-bond acceptors (Lipinski definition) is 5. The van der Waals surface area contributed by atoms with Gasteiger partial charge in [-0.1, -0.05) is 70.4 Å². The number of aliphatic carboxylic acids is 1. The van der Waals surface area contributed by atoms with Crippen molar-refractivity contribution in [3.63, 3.8) is 0 Å². The van der Waals surface area contributed by atoms with Gasteiger partial charge in [-0.3, -0.25) is 9.59 Å². The third-order valence-electron chi connectivity index (χ3n) is 5.11. The first-order chi connectivity index (χ1) is 13.2. The van der Waals surface area contributed by atoms with E-state index in [1.807, 2.05) is 0 Å². The second-order valence-electron chi connectivity index (χ2n) is 7.55. The first kappa shape index (κ1) is 31.0. The molecular weight excluding hydrogens is 403 g/mol. The minimum atomic E-state index is -5.24. The van der Waals surface area contributed by atoms with Gasteiger partial charge in [-0.2, -0.15) is 0 Å².